The van der Waals surface area contributed by atoms with Gasteiger partial charge in [0.2, 0.25) is 0 Å². The largest absolute Gasteiger partial charge is 0.478 e. The van der Waals surface area contributed by atoms with E-state index in [0.717, 1.165) is 0 Å². The summed E-state index contributed by atoms with van der Waals surface area (Å²) in [5.41, 5.74) is 13.7. The molecule has 0 aliphatic carbocycles. The lowest BCUT2D eigenvalue weighted by Gasteiger charge is -2.16. The van der Waals surface area contributed by atoms with E-state index in [1.54, 1.807) is 0 Å². The normalized spacial score (nSPS) is 13.5. The van der Waals surface area contributed by atoms with Gasteiger partial charge >= 0.3 is 0 Å². The lowest BCUT2D eigenvalue weighted by molar-refractivity contribution is 0.0120. The van der Waals surface area contributed by atoms with Crippen LogP contribution < -0.4 is 10.5 Å². The van der Waals surface area contributed by atoms with Gasteiger partial charge in [0.1, 0.15) is 6.10 Å². The molecule has 2 unspecified atom stereocenters. The third kappa shape index (κ3) is 3.45. The molecule has 0 aliphatic heterocycles. The number of anilines is 1. The van der Waals surface area contributed by atoms with Crippen LogP contribution in [0, 0.1) is 0 Å². The summed E-state index contributed by atoms with van der Waals surface area (Å²) in [4.78, 5) is 10.3. The van der Waals surface area contributed by atoms with E-state index in [4.69, 9.17) is 16.0 Å². The van der Waals surface area contributed by atoms with Gasteiger partial charge < -0.3 is 20.7 Å². The van der Waals surface area contributed by atoms with E-state index in [1.165, 1.54) is 13.3 Å². The van der Waals surface area contributed by atoms with Crippen molar-refractivity contribution in [2.45, 2.75) is 18.6 Å². The molecule has 18 heavy (non-hydrogen) atoms. The zero-order valence-corrected chi connectivity index (χ0v) is 9.76. The number of aliphatic hydroxyl groups excluding tert-OH is 2. The summed E-state index contributed by atoms with van der Waals surface area (Å²) < 4.78 is 4.86. The third-order valence-electron chi connectivity index (χ3n) is 2.23. The highest BCUT2D eigenvalue weighted by Crippen LogP contribution is 2.21. The van der Waals surface area contributed by atoms with Crippen LogP contribution in [0.25, 0.3) is 10.4 Å². The van der Waals surface area contributed by atoms with Crippen molar-refractivity contribution in [2.75, 3.05) is 19.4 Å². The molecule has 9 nitrogen and oxygen atoms in total. The number of aromatic nitrogens is 2. The van der Waals surface area contributed by atoms with E-state index in [-0.39, 0.29) is 30.4 Å². The molecule has 9 heteroatoms. The van der Waals surface area contributed by atoms with Crippen molar-refractivity contribution >= 4 is 5.82 Å². The number of nitrogens with zero attached hydrogens (tertiary/aromatic N) is 5. The molecule has 4 N–H and O–H groups in total. The van der Waals surface area contributed by atoms with E-state index in [9.17, 15) is 10.2 Å². The third-order valence-corrected chi connectivity index (χ3v) is 2.23. The summed E-state index contributed by atoms with van der Waals surface area (Å²) in [6.45, 7) is 0.0776. The Morgan fingerprint density at radius 3 is 2.94 bits per heavy atom. The van der Waals surface area contributed by atoms with Crippen LogP contribution in [0.3, 0.4) is 0 Å². The molecule has 0 fully saturated rings. The Morgan fingerprint density at radius 2 is 2.33 bits per heavy atom. The minimum Gasteiger partial charge on any atom is -0.478 e. The lowest BCUT2D eigenvalue weighted by atomic mass is 10.1. The summed E-state index contributed by atoms with van der Waals surface area (Å²) >= 11 is 0. The van der Waals surface area contributed by atoms with Gasteiger partial charge in [-0.2, -0.15) is 0 Å². The Labute approximate surface area is 103 Å². The second-order valence-corrected chi connectivity index (χ2v) is 3.44. The van der Waals surface area contributed by atoms with Crippen LogP contribution in [0.5, 0.6) is 5.88 Å². The van der Waals surface area contributed by atoms with Gasteiger partial charge in [0.15, 0.2) is 5.82 Å². The number of rotatable bonds is 6. The molecular weight excluding hydrogens is 240 g/mol. The first-order chi connectivity index (χ1) is 8.60. The van der Waals surface area contributed by atoms with Crippen LogP contribution in [0.2, 0.25) is 0 Å². The molecule has 0 saturated carbocycles. The number of nitrogens with two attached hydrogens (primary N) is 1. The first kappa shape index (κ1) is 14.0. The molecule has 1 rings (SSSR count). The second-order valence-electron chi connectivity index (χ2n) is 3.44. The smallest absolute Gasteiger partial charge is 0.257 e. The molecule has 1 heterocycles. The average molecular weight is 254 g/mol. The fourth-order valence-corrected chi connectivity index (χ4v) is 1.28. The SMILES string of the molecule is COc1nc(C(O)C(O)CCN=[N+]=[N-])cnc1N. The van der Waals surface area contributed by atoms with Crippen molar-refractivity contribution in [2.24, 2.45) is 5.11 Å². The quantitative estimate of drug-likeness (QED) is 0.373. The van der Waals surface area contributed by atoms with Crippen LogP contribution in [-0.4, -0.2) is 39.9 Å². The Morgan fingerprint density at radius 1 is 1.61 bits per heavy atom. The highest BCUT2D eigenvalue weighted by atomic mass is 16.5. The first-order valence-electron chi connectivity index (χ1n) is 5.13. The minimum absolute atomic E-state index is 0.0776. The van der Waals surface area contributed by atoms with E-state index in [0.29, 0.717) is 0 Å². The zero-order chi connectivity index (χ0) is 13.5. The van der Waals surface area contributed by atoms with Crippen LogP contribution >= 0.6 is 0 Å². The number of ether oxygens (including phenoxy) is 1. The molecular formula is C9H14N6O3. The number of methoxy groups -OCH3 is 1. The van der Waals surface area contributed by atoms with Crippen molar-refractivity contribution in [1.29, 1.82) is 0 Å². The van der Waals surface area contributed by atoms with Gasteiger partial charge in [-0.3, -0.25) is 0 Å². The summed E-state index contributed by atoms with van der Waals surface area (Å²) in [6.07, 6.45) is -1.00. The van der Waals surface area contributed by atoms with E-state index < -0.39 is 12.2 Å². The number of hydrogen-bond donors (Lipinski definition) is 3. The summed E-state index contributed by atoms with van der Waals surface area (Å²) in [5, 5.41) is 22.7. The molecule has 0 aliphatic rings. The van der Waals surface area contributed by atoms with E-state index in [2.05, 4.69) is 20.0 Å². The van der Waals surface area contributed by atoms with Crippen molar-refractivity contribution in [3.8, 4) is 5.88 Å². The van der Waals surface area contributed by atoms with Crippen LogP contribution in [0.4, 0.5) is 5.82 Å². The van der Waals surface area contributed by atoms with Gasteiger partial charge in [-0.05, 0) is 12.0 Å². The molecule has 0 bridgehead atoms. The molecule has 0 amide bonds. The lowest BCUT2D eigenvalue weighted by Crippen LogP contribution is -2.20. The van der Waals surface area contributed by atoms with Gasteiger partial charge in [-0.25, -0.2) is 9.97 Å². The molecule has 0 aromatic carbocycles. The molecule has 98 valence electrons. The summed E-state index contributed by atoms with van der Waals surface area (Å²) in [5.74, 6) is 0.172. The minimum atomic E-state index is -1.25. The van der Waals surface area contributed by atoms with Gasteiger partial charge in [0.25, 0.3) is 5.88 Å². The standard InChI is InChI=1S/C9H14N6O3/c1-18-9-8(10)12-4-5(14-9)7(17)6(16)2-3-13-15-11/h4,6-7,16-17H,2-3H2,1H3,(H2,10,12). The van der Waals surface area contributed by atoms with Crippen LogP contribution in [0.1, 0.15) is 18.2 Å². The number of hydrogen-bond acceptors (Lipinski definition) is 7. The van der Waals surface area contributed by atoms with Crippen molar-refractivity contribution in [1.82, 2.24) is 9.97 Å². The first-order valence-corrected chi connectivity index (χ1v) is 5.13. The average Bonchev–Trinajstić information content (AvgIpc) is 2.38. The maximum Gasteiger partial charge on any atom is 0.257 e. The Kier molecular flexibility index (Phi) is 5.12. The predicted molar refractivity (Wildman–Crippen MR) is 62.6 cm³/mol. The Balaban J connectivity index is 2.76. The summed E-state index contributed by atoms with van der Waals surface area (Å²) in [6, 6.07) is 0. The Hall–Kier alpha value is -2.09. The number of azide groups is 1. The topological polar surface area (TPSA) is 150 Å². The Bertz CT molecular complexity index is 448. The van der Waals surface area contributed by atoms with Crippen molar-refractivity contribution in [3.05, 3.63) is 22.3 Å². The van der Waals surface area contributed by atoms with Gasteiger partial charge in [0, 0.05) is 11.5 Å². The van der Waals surface area contributed by atoms with E-state index in [1.807, 2.05) is 0 Å². The molecule has 0 spiro atoms. The van der Waals surface area contributed by atoms with Crippen LogP contribution in [0.15, 0.2) is 11.3 Å². The van der Waals surface area contributed by atoms with Gasteiger partial charge in [0.05, 0.1) is 25.1 Å². The maximum atomic E-state index is 9.82. The number of nitrogen functional groups attached to an aromatic ring is 1. The van der Waals surface area contributed by atoms with Gasteiger partial charge in [-0.15, -0.1) is 0 Å². The molecule has 0 radical (unpaired) electrons. The zero-order valence-electron chi connectivity index (χ0n) is 9.76. The molecule has 2 atom stereocenters. The van der Waals surface area contributed by atoms with Crippen molar-refractivity contribution < 1.29 is 14.9 Å². The highest BCUT2D eigenvalue weighted by molar-refractivity contribution is 5.40. The molecule has 1 aromatic rings. The highest BCUT2D eigenvalue weighted by Gasteiger charge is 2.20. The fourth-order valence-electron chi connectivity index (χ4n) is 1.28. The van der Waals surface area contributed by atoms with E-state index >= 15 is 0 Å². The second kappa shape index (κ2) is 6.60. The molecule has 1 aromatic heterocycles. The van der Waals surface area contributed by atoms with Crippen molar-refractivity contribution in [3.63, 3.8) is 0 Å². The molecule has 0 saturated heterocycles. The van der Waals surface area contributed by atoms with Gasteiger partial charge in [-0.1, -0.05) is 5.11 Å². The number of aliphatic hydroxyl groups is 2. The maximum absolute atomic E-state index is 9.82. The van der Waals surface area contributed by atoms with Crippen LogP contribution in [-0.2, 0) is 0 Å². The summed E-state index contributed by atoms with van der Waals surface area (Å²) in [7, 11) is 1.37. The fraction of sp³-hybridized carbons (Fsp3) is 0.556. The monoisotopic (exact) mass is 254 g/mol. The predicted octanol–water partition coefficient (Wildman–Crippen LogP) is 0.162.